The smallest absolute Gasteiger partial charge is 0.127 e. The van der Waals surface area contributed by atoms with Gasteiger partial charge in [-0.05, 0) is 35.7 Å². The monoisotopic (exact) mass is 295 g/mol. The van der Waals surface area contributed by atoms with E-state index in [-0.39, 0.29) is 5.92 Å². The van der Waals surface area contributed by atoms with Crippen molar-refractivity contribution in [2.24, 2.45) is 0 Å². The van der Waals surface area contributed by atoms with Gasteiger partial charge in [-0.3, -0.25) is 4.98 Å². The lowest BCUT2D eigenvalue weighted by Crippen LogP contribution is -2.04. The van der Waals surface area contributed by atoms with Crippen LogP contribution in [0, 0.1) is 0 Å². The average molecular weight is 296 g/mol. The molecule has 0 aliphatic heterocycles. The first-order valence-electron chi connectivity index (χ1n) is 6.81. The van der Waals surface area contributed by atoms with Gasteiger partial charge in [-0.15, -0.1) is 0 Å². The maximum atomic E-state index is 11.4. The number of hydrogen-bond acceptors (Lipinski definition) is 2. The highest BCUT2D eigenvalue weighted by atomic mass is 35.5. The summed E-state index contributed by atoms with van der Waals surface area (Å²) < 4.78 is 0. The molecular weight excluding hydrogens is 282 g/mol. The summed E-state index contributed by atoms with van der Waals surface area (Å²) in [4.78, 5) is 15.8. The van der Waals surface area contributed by atoms with E-state index in [0.717, 1.165) is 28.3 Å². The summed E-state index contributed by atoms with van der Waals surface area (Å²) in [6, 6.07) is 17.5. The van der Waals surface area contributed by atoms with E-state index in [4.69, 9.17) is 11.6 Å². The lowest BCUT2D eigenvalue weighted by molar-refractivity contribution is -0.109. The minimum absolute atomic E-state index is 0.141. The lowest BCUT2D eigenvalue weighted by atomic mass is 9.93. The van der Waals surface area contributed by atoms with Crippen LogP contribution in [0.3, 0.4) is 0 Å². The number of carbonyl (C=O) groups is 1. The van der Waals surface area contributed by atoms with Crippen LogP contribution < -0.4 is 0 Å². The molecule has 2 nitrogen and oxygen atoms in total. The van der Waals surface area contributed by atoms with Gasteiger partial charge in [0.05, 0.1) is 5.52 Å². The molecule has 0 amide bonds. The van der Waals surface area contributed by atoms with Crippen molar-refractivity contribution >= 4 is 28.8 Å². The minimum Gasteiger partial charge on any atom is -0.303 e. The van der Waals surface area contributed by atoms with Crippen molar-refractivity contribution in [2.45, 2.75) is 12.3 Å². The predicted molar refractivity (Wildman–Crippen MR) is 85.7 cm³/mol. The molecule has 0 bridgehead atoms. The zero-order valence-electron chi connectivity index (χ0n) is 11.4. The highest BCUT2D eigenvalue weighted by Gasteiger charge is 2.11. The molecule has 0 aliphatic carbocycles. The van der Waals surface area contributed by atoms with Gasteiger partial charge in [0.15, 0.2) is 0 Å². The Labute approximate surface area is 128 Å². The third-order valence-electron chi connectivity index (χ3n) is 3.55. The van der Waals surface area contributed by atoms with Crippen molar-refractivity contribution in [3.63, 3.8) is 0 Å². The number of rotatable bonds is 4. The van der Waals surface area contributed by atoms with E-state index < -0.39 is 0 Å². The number of aldehydes is 1. The number of pyridine rings is 1. The topological polar surface area (TPSA) is 30.0 Å². The van der Waals surface area contributed by atoms with Gasteiger partial charge in [0.2, 0.25) is 0 Å². The summed E-state index contributed by atoms with van der Waals surface area (Å²) in [5, 5.41) is 1.72. The Morgan fingerprint density at radius 2 is 1.90 bits per heavy atom. The Balaban J connectivity index is 1.90. The van der Waals surface area contributed by atoms with Gasteiger partial charge in [-0.25, -0.2) is 0 Å². The van der Waals surface area contributed by atoms with Crippen molar-refractivity contribution in [3.05, 3.63) is 76.9 Å². The minimum atomic E-state index is -0.141. The van der Waals surface area contributed by atoms with Crippen LogP contribution in [0.15, 0.2) is 60.8 Å². The highest BCUT2D eigenvalue weighted by Crippen LogP contribution is 2.22. The van der Waals surface area contributed by atoms with Crippen molar-refractivity contribution < 1.29 is 4.79 Å². The van der Waals surface area contributed by atoms with Gasteiger partial charge >= 0.3 is 0 Å². The Hall–Kier alpha value is -2.19. The molecule has 0 aliphatic rings. The van der Waals surface area contributed by atoms with Crippen LogP contribution in [-0.2, 0) is 11.2 Å². The van der Waals surface area contributed by atoms with Gasteiger partial charge in [0, 0.05) is 22.5 Å². The number of halogens is 1. The predicted octanol–water partition coefficient (Wildman–Crippen LogP) is 4.41. The van der Waals surface area contributed by atoms with Crippen LogP contribution in [0.5, 0.6) is 0 Å². The first kappa shape index (κ1) is 13.8. The number of benzene rings is 2. The summed E-state index contributed by atoms with van der Waals surface area (Å²) in [6.45, 7) is 0. The van der Waals surface area contributed by atoms with Crippen LogP contribution in [0.25, 0.3) is 10.9 Å². The van der Waals surface area contributed by atoms with E-state index in [1.54, 1.807) is 0 Å². The van der Waals surface area contributed by atoms with Gasteiger partial charge in [0.1, 0.15) is 6.29 Å². The van der Waals surface area contributed by atoms with Crippen LogP contribution >= 0.6 is 11.6 Å². The second kappa shape index (κ2) is 6.06. The third-order valence-corrected chi connectivity index (χ3v) is 3.79. The van der Waals surface area contributed by atoms with Crippen molar-refractivity contribution in [1.82, 2.24) is 4.98 Å². The molecule has 0 spiro atoms. The zero-order chi connectivity index (χ0) is 14.7. The van der Waals surface area contributed by atoms with Gasteiger partial charge in [-0.2, -0.15) is 0 Å². The molecular formula is C18H14ClNO. The largest absolute Gasteiger partial charge is 0.303 e. The second-order valence-corrected chi connectivity index (χ2v) is 5.47. The number of nitrogens with zero attached hydrogens (tertiary/aromatic N) is 1. The van der Waals surface area contributed by atoms with E-state index in [2.05, 4.69) is 11.1 Å². The third kappa shape index (κ3) is 3.11. The molecule has 1 heterocycles. The van der Waals surface area contributed by atoms with E-state index >= 15 is 0 Å². The maximum Gasteiger partial charge on any atom is 0.127 e. The average Bonchev–Trinajstić information content (AvgIpc) is 2.53. The summed E-state index contributed by atoms with van der Waals surface area (Å²) in [5.41, 5.74) is 2.95. The molecule has 1 atom stereocenters. The maximum absolute atomic E-state index is 11.4. The van der Waals surface area contributed by atoms with Crippen molar-refractivity contribution in [2.75, 3.05) is 0 Å². The van der Waals surface area contributed by atoms with Crippen LogP contribution in [0.2, 0.25) is 5.02 Å². The molecule has 2 aromatic carbocycles. The van der Waals surface area contributed by atoms with Gasteiger partial charge < -0.3 is 4.79 Å². The van der Waals surface area contributed by atoms with Crippen LogP contribution in [-0.4, -0.2) is 11.3 Å². The second-order valence-electron chi connectivity index (χ2n) is 5.04. The molecule has 0 N–H and O–H groups in total. The van der Waals surface area contributed by atoms with E-state index in [9.17, 15) is 4.79 Å². The SMILES string of the molecule is O=CC(Cc1cnc2cc(Cl)ccc2c1)c1ccccc1. The normalized spacial score (nSPS) is 12.2. The Morgan fingerprint density at radius 3 is 2.67 bits per heavy atom. The molecule has 0 fully saturated rings. The summed E-state index contributed by atoms with van der Waals surface area (Å²) in [5.74, 6) is -0.141. The Kier molecular flexibility index (Phi) is 3.98. The molecule has 0 saturated heterocycles. The molecule has 0 saturated carbocycles. The van der Waals surface area contributed by atoms with E-state index in [0.29, 0.717) is 11.4 Å². The lowest BCUT2D eigenvalue weighted by Gasteiger charge is -2.11. The fourth-order valence-electron chi connectivity index (χ4n) is 2.45. The number of aromatic nitrogens is 1. The summed E-state index contributed by atoms with van der Waals surface area (Å²) >= 11 is 5.96. The number of hydrogen-bond donors (Lipinski definition) is 0. The molecule has 3 aromatic rings. The fourth-order valence-corrected chi connectivity index (χ4v) is 2.62. The molecule has 3 heteroatoms. The van der Waals surface area contributed by atoms with Gasteiger partial charge in [-0.1, -0.05) is 48.0 Å². The summed E-state index contributed by atoms with van der Waals surface area (Å²) in [6.07, 6.45) is 3.47. The molecule has 1 aromatic heterocycles. The molecule has 1 unspecified atom stereocenters. The van der Waals surface area contributed by atoms with E-state index in [1.807, 2.05) is 54.7 Å². The Bertz CT molecular complexity index is 771. The fraction of sp³-hybridized carbons (Fsp3) is 0.111. The standard InChI is InChI=1S/C18H14ClNO/c19-17-7-6-15-8-13(11-20-18(15)10-17)9-16(12-21)14-4-2-1-3-5-14/h1-8,10-12,16H,9H2. The number of carbonyl (C=O) groups excluding carboxylic acids is 1. The quantitative estimate of drug-likeness (QED) is 0.667. The van der Waals surface area contributed by atoms with Crippen LogP contribution in [0.1, 0.15) is 17.0 Å². The number of fused-ring (bicyclic) bond motifs is 1. The van der Waals surface area contributed by atoms with Crippen LogP contribution in [0.4, 0.5) is 0 Å². The first-order valence-corrected chi connectivity index (χ1v) is 7.18. The Morgan fingerprint density at radius 1 is 1.10 bits per heavy atom. The zero-order valence-corrected chi connectivity index (χ0v) is 12.1. The summed E-state index contributed by atoms with van der Waals surface area (Å²) in [7, 11) is 0. The van der Waals surface area contributed by atoms with Crippen molar-refractivity contribution in [3.8, 4) is 0 Å². The first-order chi connectivity index (χ1) is 10.3. The molecule has 0 radical (unpaired) electrons. The molecule has 104 valence electrons. The molecule has 3 rings (SSSR count). The molecule has 21 heavy (non-hydrogen) atoms. The highest BCUT2D eigenvalue weighted by molar-refractivity contribution is 6.31. The van der Waals surface area contributed by atoms with E-state index in [1.165, 1.54) is 0 Å². The van der Waals surface area contributed by atoms with Gasteiger partial charge in [0.25, 0.3) is 0 Å². The van der Waals surface area contributed by atoms with Crippen molar-refractivity contribution in [1.29, 1.82) is 0 Å².